The highest BCUT2D eigenvalue weighted by molar-refractivity contribution is 5.97. The zero-order valence-electron chi connectivity index (χ0n) is 24.1. The summed E-state index contributed by atoms with van der Waals surface area (Å²) in [7, 11) is 1.41. The summed E-state index contributed by atoms with van der Waals surface area (Å²) in [6.07, 6.45) is 0.949. The van der Waals surface area contributed by atoms with Crippen molar-refractivity contribution in [3.8, 4) is 0 Å². The number of likely N-dealkylation sites (N-methyl/N-ethyl adjacent to an activating group) is 1. The van der Waals surface area contributed by atoms with Gasteiger partial charge in [0.15, 0.2) is 5.96 Å². The van der Waals surface area contributed by atoms with E-state index >= 15 is 0 Å². The third-order valence-corrected chi connectivity index (χ3v) is 6.76. The number of nitrogens with two attached hydrogens (primary N) is 3. The highest BCUT2D eigenvalue weighted by Gasteiger charge is 2.35. The van der Waals surface area contributed by atoms with Crippen molar-refractivity contribution < 1.29 is 33.9 Å². The Morgan fingerprint density at radius 2 is 1.65 bits per heavy atom. The molecule has 1 aromatic carbocycles. The summed E-state index contributed by atoms with van der Waals surface area (Å²) >= 11 is 0. The monoisotopic (exact) mass is 603 g/mol. The Bertz CT molecular complexity index is 1170. The molecular formula is C27H41N9O7. The van der Waals surface area contributed by atoms with Crippen LogP contribution in [0.3, 0.4) is 0 Å². The minimum atomic E-state index is -1.65. The Labute approximate surface area is 249 Å². The van der Waals surface area contributed by atoms with Crippen molar-refractivity contribution >= 4 is 41.5 Å². The SMILES string of the molecule is CN1C(=O)[C@H](CCCN=C(N)N)NC(=O)CNC(=O)C[C@@H](C(=O)O)NC(=O)C(c2ccccc2)NC(=O)[C@H]1CCCCN. The van der Waals surface area contributed by atoms with Crippen LogP contribution in [0.5, 0.6) is 0 Å². The van der Waals surface area contributed by atoms with Crippen LogP contribution in [0.4, 0.5) is 0 Å². The first-order valence-electron chi connectivity index (χ1n) is 13.9. The molecule has 16 nitrogen and oxygen atoms in total. The van der Waals surface area contributed by atoms with Crippen LogP contribution in [0.1, 0.15) is 50.1 Å². The maximum absolute atomic E-state index is 13.7. The van der Waals surface area contributed by atoms with Gasteiger partial charge in [0.1, 0.15) is 24.2 Å². The van der Waals surface area contributed by atoms with Gasteiger partial charge < -0.3 is 48.5 Å². The van der Waals surface area contributed by atoms with E-state index in [0.29, 0.717) is 31.4 Å². The van der Waals surface area contributed by atoms with Crippen molar-refractivity contribution in [1.29, 1.82) is 0 Å². The van der Waals surface area contributed by atoms with Gasteiger partial charge in [-0.2, -0.15) is 0 Å². The van der Waals surface area contributed by atoms with E-state index in [1.54, 1.807) is 30.3 Å². The molecule has 1 heterocycles. The number of rotatable bonds is 10. The molecule has 1 saturated heterocycles. The standard InChI is InChI=1S/C27H41N9O7/c1-36-19(11-5-6-12-28)23(39)35-22(16-8-3-2-4-9-16)24(40)34-18(26(42)43)14-20(37)32-15-21(38)33-17(25(36)41)10-7-13-31-27(29)30/h2-4,8-9,17-19,22H,5-7,10-15,28H2,1H3,(H,32,37)(H,33,38)(H,34,40)(H,35,39)(H,42,43)(H4,29,30,31)/t17-,18-,19+,22?/m0/s1. The number of carboxylic acid groups (broad SMARTS) is 1. The molecule has 0 saturated carbocycles. The van der Waals surface area contributed by atoms with Crippen molar-refractivity contribution in [3.05, 3.63) is 35.9 Å². The van der Waals surface area contributed by atoms with Crippen molar-refractivity contribution in [3.63, 3.8) is 0 Å². The van der Waals surface area contributed by atoms with Gasteiger partial charge in [0.2, 0.25) is 29.5 Å². The summed E-state index contributed by atoms with van der Waals surface area (Å²) in [6, 6.07) is 2.95. The molecule has 0 bridgehead atoms. The lowest BCUT2D eigenvalue weighted by molar-refractivity contribution is -0.145. The number of carbonyl (C=O) groups is 6. The average molecular weight is 604 g/mol. The van der Waals surface area contributed by atoms with Crippen LogP contribution < -0.4 is 38.5 Å². The summed E-state index contributed by atoms with van der Waals surface area (Å²) in [5.41, 5.74) is 16.7. The lowest BCUT2D eigenvalue weighted by Crippen LogP contribution is -2.57. The Morgan fingerprint density at radius 3 is 2.28 bits per heavy atom. The zero-order chi connectivity index (χ0) is 31.9. The van der Waals surface area contributed by atoms with Gasteiger partial charge in [-0.1, -0.05) is 30.3 Å². The second-order valence-corrected chi connectivity index (χ2v) is 10.1. The largest absolute Gasteiger partial charge is 0.480 e. The van der Waals surface area contributed by atoms with Crippen molar-refractivity contribution in [2.45, 2.75) is 62.7 Å². The van der Waals surface area contributed by atoms with Gasteiger partial charge in [0.05, 0.1) is 13.0 Å². The molecule has 1 unspecified atom stereocenters. The molecule has 16 heteroatoms. The molecule has 0 aromatic heterocycles. The lowest BCUT2D eigenvalue weighted by Gasteiger charge is -2.32. The van der Waals surface area contributed by atoms with E-state index in [4.69, 9.17) is 17.2 Å². The number of aliphatic carboxylic acids is 1. The molecule has 1 fully saturated rings. The smallest absolute Gasteiger partial charge is 0.326 e. The number of carbonyl (C=O) groups excluding carboxylic acids is 5. The molecule has 5 amide bonds. The highest BCUT2D eigenvalue weighted by Crippen LogP contribution is 2.17. The van der Waals surface area contributed by atoms with E-state index < -0.39 is 72.6 Å². The number of guanidine groups is 1. The van der Waals surface area contributed by atoms with Crippen molar-refractivity contribution in [2.75, 3.05) is 26.7 Å². The zero-order valence-corrected chi connectivity index (χ0v) is 24.1. The number of benzene rings is 1. The molecule has 1 aromatic rings. The maximum Gasteiger partial charge on any atom is 0.326 e. The molecule has 0 aliphatic carbocycles. The first kappa shape index (κ1) is 34.5. The molecule has 1 aliphatic rings. The van der Waals surface area contributed by atoms with E-state index in [2.05, 4.69) is 26.3 Å². The predicted octanol–water partition coefficient (Wildman–Crippen LogP) is -2.57. The average Bonchev–Trinajstić information content (AvgIpc) is 2.97. The summed E-state index contributed by atoms with van der Waals surface area (Å²) in [5, 5.41) is 19.5. The Kier molecular flexibility index (Phi) is 13.9. The number of aliphatic imine (C=N–C) groups is 1. The first-order chi connectivity index (χ1) is 20.4. The number of carboxylic acids is 1. The van der Waals surface area contributed by atoms with Gasteiger partial charge in [-0.15, -0.1) is 0 Å². The minimum absolute atomic E-state index is 0.104. The fraction of sp³-hybridized carbons (Fsp3) is 0.519. The Morgan fingerprint density at radius 1 is 0.953 bits per heavy atom. The molecule has 11 N–H and O–H groups in total. The molecule has 4 atom stereocenters. The van der Waals surface area contributed by atoms with Gasteiger partial charge in [0.25, 0.3) is 0 Å². The third kappa shape index (κ3) is 11.2. The van der Waals surface area contributed by atoms with Gasteiger partial charge in [-0.25, -0.2) is 4.79 Å². The van der Waals surface area contributed by atoms with Crippen LogP contribution in [-0.2, 0) is 28.8 Å². The first-order valence-corrected chi connectivity index (χ1v) is 13.9. The van der Waals surface area contributed by atoms with E-state index in [9.17, 15) is 33.9 Å². The normalized spacial score (nSPS) is 22.6. The molecule has 236 valence electrons. The third-order valence-electron chi connectivity index (χ3n) is 6.76. The van der Waals surface area contributed by atoms with Gasteiger partial charge in [-0.05, 0) is 44.2 Å². The minimum Gasteiger partial charge on any atom is -0.480 e. The van der Waals surface area contributed by atoms with Crippen LogP contribution in [0.25, 0.3) is 0 Å². The van der Waals surface area contributed by atoms with E-state index in [0.717, 1.165) is 0 Å². The number of hydrogen-bond acceptors (Lipinski definition) is 8. The number of nitrogens with one attached hydrogen (secondary N) is 4. The van der Waals surface area contributed by atoms with E-state index in [1.807, 2.05) is 0 Å². The Balaban J connectivity index is 2.51. The van der Waals surface area contributed by atoms with Crippen LogP contribution in [-0.4, -0.2) is 96.3 Å². The van der Waals surface area contributed by atoms with Gasteiger partial charge >= 0.3 is 5.97 Å². The lowest BCUT2D eigenvalue weighted by atomic mass is 10.0. The number of amides is 5. The van der Waals surface area contributed by atoms with Crippen LogP contribution in [0.15, 0.2) is 35.3 Å². The highest BCUT2D eigenvalue weighted by atomic mass is 16.4. The molecule has 2 rings (SSSR count). The summed E-state index contributed by atoms with van der Waals surface area (Å²) < 4.78 is 0. The second kappa shape index (κ2) is 17.3. The number of unbranched alkanes of at least 4 members (excludes halogenated alkanes) is 1. The summed E-state index contributed by atoms with van der Waals surface area (Å²) in [6.45, 7) is -0.0340. The molecule has 0 spiro atoms. The van der Waals surface area contributed by atoms with E-state index in [1.165, 1.54) is 11.9 Å². The van der Waals surface area contributed by atoms with Crippen LogP contribution >= 0.6 is 0 Å². The van der Waals surface area contributed by atoms with Crippen molar-refractivity contribution in [2.24, 2.45) is 22.2 Å². The molecule has 1 aliphatic heterocycles. The topological polar surface area (TPSA) is 264 Å². The predicted molar refractivity (Wildman–Crippen MR) is 156 cm³/mol. The molecule has 0 radical (unpaired) electrons. The van der Waals surface area contributed by atoms with Crippen LogP contribution in [0.2, 0.25) is 0 Å². The fourth-order valence-electron chi connectivity index (χ4n) is 4.46. The van der Waals surface area contributed by atoms with Gasteiger partial charge in [0, 0.05) is 13.6 Å². The number of nitrogens with zero attached hydrogens (tertiary/aromatic N) is 2. The van der Waals surface area contributed by atoms with Crippen LogP contribution in [0, 0.1) is 0 Å². The quantitative estimate of drug-likeness (QED) is 0.0786. The maximum atomic E-state index is 13.7. The fourth-order valence-corrected chi connectivity index (χ4v) is 4.46. The number of hydrogen-bond donors (Lipinski definition) is 8. The summed E-state index contributed by atoms with van der Waals surface area (Å²) in [4.78, 5) is 83.0. The van der Waals surface area contributed by atoms with Crippen molar-refractivity contribution in [1.82, 2.24) is 26.2 Å². The second-order valence-electron chi connectivity index (χ2n) is 10.1. The Hall–Kier alpha value is -4.73. The molecular weight excluding hydrogens is 562 g/mol. The van der Waals surface area contributed by atoms with E-state index in [-0.39, 0.29) is 25.3 Å². The summed E-state index contributed by atoms with van der Waals surface area (Å²) in [5.74, 6) is -5.33. The molecule has 43 heavy (non-hydrogen) atoms. The van der Waals surface area contributed by atoms with Gasteiger partial charge in [-0.3, -0.25) is 29.0 Å².